The molecule has 1 aliphatic heterocycles. The van der Waals surface area contributed by atoms with Crippen molar-refractivity contribution in [2.45, 2.75) is 77.7 Å². The van der Waals surface area contributed by atoms with Crippen molar-refractivity contribution >= 4 is 0 Å². The van der Waals surface area contributed by atoms with Crippen molar-refractivity contribution in [3.63, 3.8) is 0 Å². The van der Waals surface area contributed by atoms with Crippen LogP contribution in [0, 0.1) is 5.92 Å². The molecular weight excluding hydrogens is 206 g/mol. The second-order valence-corrected chi connectivity index (χ2v) is 6.09. The van der Waals surface area contributed by atoms with Crippen molar-refractivity contribution in [1.82, 2.24) is 5.32 Å². The highest BCUT2D eigenvalue weighted by Gasteiger charge is 2.18. The first-order valence-corrected chi connectivity index (χ1v) is 7.70. The summed E-state index contributed by atoms with van der Waals surface area (Å²) in [7, 11) is 0. The monoisotopic (exact) mass is 235 g/mol. The quantitative estimate of drug-likeness (QED) is 0.713. The summed E-state index contributed by atoms with van der Waals surface area (Å²) in [5, 5.41) is 3.67. The Hall–Kier alpha value is -0.300. The summed E-state index contributed by atoms with van der Waals surface area (Å²) in [6.07, 6.45) is 12.6. The van der Waals surface area contributed by atoms with Crippen LogP contribution < -0.4 is 5.32 Å². The summed E-state index contributed by atoms with van der Waals surface area (Å²) in [6.45, 7) is 5.97. The molecule has 98 valence electrons. The van der Waals surface area contributed by atoms with Crippen molar-refractivity contribution in [2.75, 3.05) is 6.54 Å². The fourth-order valence-corrected chi connectivity index (χ4v) is 3.47. The highest BCUT2D eigenvalue weighted by atomic mass is 14.9. The third-order valence-corrected chi connectivity index (χ3v) is 4.85. The van der Waals surface area contributed by atoms with E-state index < -0.39 is 0 Å². The standard InChI is InChI=1S/C16H29N/c1-3-14-7-9-15(10-8-14)13(2)12-16-6-4-5-11-17-16/h14,16-17H,3-12H2,1-2H3. The van der Waals surface area contributed by atoms with Gasteiger partial charge in [0.2, 0.25) is 0 Å². The highest BCUT2D eigenvalue weighted by molar-refractivity contribution is 5.15. The maximum Gasteiger partial charge on any atom is 0.0104 e. The molecule has 1 atom stereocenters. The summed E-state index contributed by atoms with van der Waals surface area (Å²) in [6, 6.07) is 0.778. The summed E-state index contributed by atoms with van der Waals surface area (Å²) >= 11 is 0. The normalized spacial score (nSPS) is 30.4. The Morgan fingerprint density at radius 1 is 1.18 bits per heavy atom. The van der Waals surface area contributed by atoms with Crippen LogP contribution in [0.1, 0.15) is 71.6 Å². The van der Waals surface area contributed by atoms with Crippen LogP contribution in [0.2, 0.25) is 0 Å². The third kappa shape index (κ3) is 3.84. The maximum atomic E-state index is 3.67. The van der Waals surface area contributed by atoms with E-state index in [1.165, 1.54) is 64.3 Å². The molecule has 1 heterocycles. The zero-order chi connectivity index (χ0) is 12.1. The van der Waals surface area contributed by atoms with Crippen LogP contribution in [0.15, 0.2) is 11.1 Å². The summed E-state index contributed by atoms with van der Waals surface area (Å²) in [5.41, 5.74) is 3.50. The molecule has 1 saturated carbocycles. The minimum Gasteiger partial charge on any atom is -0.314 e. The van der Waals surface area contributed by atoms with Gasteiger partial charge in [-0.25, -0.2) is 0 Å². The van der Waals surface area contributed by atoms with Crippen molar-refractivity contribution in [3.05, 3.63) is 11.1 Å². The van der Waals surface area contributed by atoms with Crippen LogP contribution in [0.3, 0.4) is 0 Å². The van der Waals surface area contributed by atoms with Crippen LogP contribution in [-0.2, 0) is 0 Å². The molecule has 2 rings (SSSR count). The lowest BCUT2D eigenvalue weighted by Crippen LogP contribution is -2.34. The first-order valence-electron chi connectivity index (χ1n) is 7.70. The second kappa shape index (κ2) is 6.58. The molecule has 17 heavy (non-hydrogen) atoms. The summed E-state index contributed by atoms with van der Waals surface area (Å²) < 4.78 is 0. The molecule has 1 aliphatic carbocycles. The van der Waals surface area contributed by atoms with Crippen LogP contribution in [0.4, 0.5) is 0 Å². The van der Waals surface area contributed by atoms with Gasteiger partial charge in [0.1, 0.15) is 0 Å². The van der Waals surface area contributed by atoms with E-state index in [0.717, 1.165) is 12.0 Å². The third-order valence-electron chi connectivity index (χ3n) is 4.85. The van der Waals surface area contributed by atoms with Crippen molar-refractivity contribution < 1.29 is 0 Å². The van der Waals surface area contributed by atoms with E-state index in [4.69, 9.17) is 0 Å². The summed E-state index contributed by atoms with van der Waals surface area (Å²) in [4.78, 5) is 0. The Labute approximate surface area is 107 Å². The van der Waals surface area contributed by atoms with Crippen LogP contribution in [0.5, 0.6) is 0 Å². The average Bonchev–Trinajstić information content (AvgIpc) is 2.40. The van der Waals surface area contributed by atoms with Gasteiger partial charge in [-0.2, -0.15) is 0 Å². The average molecular weight is 235 g/mol. The predicted octanol–water partition coefficient (Wildman–Crippen LogP) is 4.44. The van der Waals surface area contributed by atoms with Gasteiger partial charge >= 0.3 is 0 Å². The molecule has 2 aliphatic rings. The molecule has 0 aromatic carbocycles. The van der Waals surface area contributed by atoms with E-state index >= 15 is 0 Å². The topological polar surface area (TPSA) is 12.0 Å². The lowest BCUT2D eigenvalue weighted by molar-refractivity contribution is 0.382. The number of hydrogen-bond donors (Lipinski definition) is 1. The van der Waals surface area contributed by atoms with Crippen molar-refractivity contribution in [3.8, 4) is 0 Å². The van der Waals surface area contributed by atoms with Gasteiger partial charge in [-0.3, -0.25) is 0 Å². The predicted molar refractivity (Wildman–Crippen MR) is 75.2 cm³/mol. The van der Waals surface area contributed by atoms with Gasteiger partial charge in [0.15, 0.2) is 0 Å². The fraction of sp³-hybridized carbons (Fsp3) is 0.875. The summed E-state index contributed by atoms with van der Waals surface area (Å²) in [5.74, 6) is 1.01. The first kappa shape index (κ1) is 13.1. The number of piperidine rings is 1. The van der Waals surface area contributed by atoms with E-state index in [0.29, 0.717) is 0 Å². The molecule has 0 amide bonds. The molecule has 1 N–H and O–H groups in total. The van der Waals surface area contributed by atoms with Crippen molar-refractivity contribution in [1.29, 1.82) is 0 Å². The maximum absolute atomic E-state index is 3.67. The largest absolute Gasteiger partial charge is 0.314 e. The molecule has 1 heteroatoms. The smallest absolute Gasteiger partial charge is 0.0104 e. The van der Waals surface area contributed by atoms with Gasteiger partial charge in [0, 0.05) is 6.04 Å². The number of hydrogen-bond acceptors (Lipinski definition) is 1. The zero-order valence-electron chi connectivity index (χ0n) is 11.7. The number of allylic oxidation sites excluding steroid dienone is 1. The molecule has 2 fully saturated rings. The Balaban J connectivity index is 1.83. The Morgan fingerprint density at radius 3 is 2.53 bits per heavy atom. The fourth-order valence-electron chi connectivity index (χ4n) is 3.47. The number of nitrogens with one attached hydrogen (secondary N) is 1. The molecule has 1 unspecified atom stereocenters. The lowest BCUT2D eigenvalue weighted by Gasteiger charge is -2.28. The lowest BCUT2D eigenvalue weighted by atomic mass is 9.81. The van der Waals surface area contributed by atoms with E-state index in [1.807, 2.05) is 0 Å². The van der Waals surface area contributed by atoms with Crippen LogP contribution in [-0.4, -0.2) is 12.6 Å². The van der Waals surface area contributed by atoms with Gasteiger partial charge in [-0.15, -0.1) is 0 Å². The molecule has 0 aromatic rings. The Kier molecular flexibility index (Phi) is 5.09. The molecule has 0 bridgehead atoms. The minimum atomic E-state index is 0.778. The molecular formula is C16H29N. The number of rotatable bonds is 3. The van der Waals surface area contributed by atoms with Crippen LogP contribution in [0.25, 0.3) is 0 Å². The van der Waals surface area contributed by atoms with Gasteiger partial charge in [-0.05, 0) is 64.3 Å². The molecule has 1 saturated heterocycles. The van der Waals surface area contributed by atoms with Crippen molar-refractivity contribution in [2.24, 2.45) is 5.92 Å². The van der Waals surface area contributed by atoms with E-state index in [9.17, 15) is 0 Å². The van der Waals surface area contributed by atoms with E-state index in [-0.39, 0.29) is 0 Å². The minimum absolute atomic E-state index is 0.778. The van der Waals surface area contributed by atoms with Gasteiger partial charge in [-0.1, -0.05) is 30.9 Å². The van der Waals surface area contributed by atoms with E-state index in [2.05, 4.69) is 19.2 Å². The molecule has 1 nitrogen and oxygen atoms in total. The Morgan fingerprint density at radius 2 is 1.94 bits per heavy atom. The molecule has 0 radical (unpaired) electrons. The van der Waals surface area contributed by atoms with E-state index in [1.54, 1.807) is 11.1 Å². The SMILES string of the molecule is CCC1CCC(=C(C)CC2CCCCN2)CC1. The molecule has 0 aromatic heterocycles. The second-order valence-electron chi connectivity index (χ2n) is 6.09. The highest BCUT2D eigenvalue weighted by Crippen LogP contribution is 2.33. The zero-order valence-corrected chi connectivity index (χ0v) is 11.7. The molecule has 0 spiro atoms. The van der Waals surface area contributed by atoms with Gasteiger partial charge < -0.3 is 5.32 Å². The van der Waals surface area contributed by atoms with Gasteiger partial charge in [0.05, 0.1) is 0 Å². The van der Waals surface area contributed by atoms with Gasteiger partial charge in [0.25, 0.3) is 0 Å². The van der Waals surface area contributed by atoms with Crippen LogP contribution >= 0.6 is 0 Å². The Bertz CT molecular complexity index is 251. The first-order chi connectivity index (χ1) is 8.29.